The van der Waals surface area contributed by atoms with Crippen LogP contribution in [0.1, 0.15) is 27.2 Å². The van der Waals surface area contributed by atoms with E-state index in [-0.39, 0.29) is 11.5 Å². The number of hydrogen-bond acceptors (Lipinski definition) is 4. The third-order valence-corrected chi connectivity index (χ3v) is 2.18. The van der Waals surface area contributed by atoms with Crippen molar-refractivity contribution in [2.75, 3.05) is 26.7 Å². The predicted molar refractivity (Wildman–Crippen MR) is 57.0 cm³/mol. The molecular formula is C10H22N2O2. The van der Waals surface area contributed by atoms with Gasteiger partial charge in [-0.05, 0) is 27.8 Å². The molecule has 0 rings (SSSR count). The molecule has 0 aliphatic carbocycles. The first kappa shape index (κ1) is 13.4. The van der Waals surface area contributed by atoms with E-state index in [1.807, 2.05) is 7.05 Å². The van der Waals surface area contributed by atoms with E-state index >= 15 is 0 Å². The highest BCUT2D eigenvalue weighted by atomic mass is 16.5. The number of hydrogen-bond donors (Lipinski definition) is 1. The van der Waals surface area contributed by atoms with E-state index in [0.717, 1.165) is 6.54 Å². The van der Waals surface area contributed by atoms with Crippen LogP contribution in [0.3, 0.4) is 0 Å². The molecule has 0 atom stereocenters. The fraction of sp³-hybridized carbons (Fsp3) is 0.900. The number of esters is 1. The maximum atomic E-state index is 11.0. The van der Waals surface area contributed by atoms with Gasteiger partial charge in [0.25, 0.3) is 0 Å². The average Bonchev–Trinajstić information content (AvgIpc) is 2.02. The van der Waals surface area contributed by atoms with Crippen molar-refractivity contribution in [3.05, 3.63) is 0 Å². The Kier molecular flexibility index (Phi) is 5.72. The lowest BCUT2D eigenvalue weighted by molar-refractivity contribution is -0.144. The van der Waals surface area contributed by atoms with Crippen LogP contribution in [0.2, 0.25) is 0 Å². The second-order valence-corrected chi connectivity index (χ2v) is 4.35. The smallest absolute Gasteiger partial charge is 0.307 e. The van der Waals surface area contributed by atoms with Gasteiger partial charge >= 0.3 is 5.97 Å². The third kappa shape index (κ3) is 5.94. The van der Waals surface area contributed by atoms with Gasteiger partial charge in [-0.3, -0.25) is 9.69 Å². The summed E-state index contributed by atoms with van der Waals surface area (Å²) in [6.07, 6.45) is 0.305. The number of ether oxygens (including phenoxy) is 1. The predicted octanol–water partition coefficient (Wildman–Crippen LogP) is 0.609. The molecule has 0 fully saturated rings. The first-order chi connectivity index (χ1) is 6.38. The largest absolute Gasteiger partial charge is 0.464 e. The Balaban J connectivity index is 3.59. The Morgan fingerprint density at radius 3 is 2.43 bits per heavy atom. The molecule has 0 aliphatic heterocycles. The number of likely N-dealkylation sites (N-methyl/N-ethyl adjacent to an activating group) is 1. The lowest BCUT2D eigenvalue weighted by Crippen LogP contribution is -2.40. The fourth-order valence-corrected chi connectivity index (χ4v) is 0.822. The van der Waals surface area contributed by atoms with Crippen molar-refractivity contribution in [2.24, 2.45) is 5.73 Å². The summed E-state index contributed by atoms with van der Waals surface area (Å²) in [6.45, 7) is 7.90. The van der Waals surface area contributed by atoms with Crippen molar-refractivity contribution in [3.63, 3.8) is 0 Å². The average molecular weight is 202 g/mol. The second kappa shape index (κ2) is 5.98. The molecule has 0 radical (unpaired) electrons. The van der Waals surface area contributed by atoms with Crippen LogP contribution in [0, 0.1) is 0 Å². The summed E-state index contributed by atoms with van der Waals surface area (Å²) in [4.78, 5) is 13.1. The van der Waals surface area contributed by atoms with Crippen LogP contribution in [-0.2, 0) is 9.53 Å². The molecule has 14 heavy (non-hydrogen) atoms. The van der Waals surface area contributed by atoms with Crippen LogP contribution < -0.4 is 5.73 Å². The number of nitrogens with zero attached hydrogens (tertiary/aromatic N) is 1. The molecule has 84 valence electrons. The zero-order valence-corrected chi connectivity index (χ0v) is 9.67. The lowest BCUT2D eigenvalue weighted by atomic mass is 10.1. The summed E-state index contributed by atoms with van der Waals surface area (Å²) in [7, 11) is 2.01. The van der Waals surface area contributed by atoms with E-state index in [1.54, 1.807) is 0 Å². The minimum atomic E-state index is -0.213. The first-order valence-electron chi connectivity index (χ1n) is 4.95. The molecule has 0 amide bonds. The van der Waals surface area contributed by atoms with Crippen molar-refractivity contribution in [2.45, 2.75) is 32.7 Å². The molecule has 0 aromatic heterocycles. The fourth-order valence-electron chi connectivity index (χ4n) is 0.822. The van der Waals surface area contributed by atoms with Gasteiger partial charge in [-0.2, -0.15) is 0 Å². The molecule has 2 N–H and O–H groups in total. The Morgan fingerprint density at radius 1 is 1.43 bits per heavy atom. The van der Waals surface area contributed by atoms with Crippen LogP contribution in [0.4, 0.5) is 0 Å². The van der Waals surface area contributed by atoms with Crippen LogP contribution in [-0.4, -0.2) is 43.2 Å². The zero-order chi connectivity index (χ0) is 11.2. The van der Waals surface area contributed by atoms with Crippen LogP contribution in [0.15, 0.2) is 0 Å². The lowest BCUT2D eigenvalue weighted by Gasteiger charge is -2.31. The van der Waals surface area contributed by atoms with Crippen molar-refractivity contribution in [1.29, 1.82) is 0 Å². The Bertz CT molecular complexity index is 175. The molecule has 0 aromatic carbocycles. The van der Waals surface area contributed by atoms with Gasteiger partial charge in [0.1, 0.15) is 6.61 Å². The topological polar surface area (TPSA) is 55.6 Å². The second-order valence-electron chi connectivity index (χ2n) is 4.35. The SMILES string of the molecule is CN(CCOC(=O)CCN)C(C)(C)C. The zero-order valence-electron chi connectivity index (χ0n) is 9.67. The Hall–Kier alpha value is -0.610. The van der Waals surface area contributed by atoms with Gasteiger partial charge in [-0.25, -0.2) is 0 Å². The normalized spacial score (nSPS) is 11.9. The van der Waals surface area contributed by atoms with Crippen LogP contribution >= 0.6 is 0 Å². The van der Waals surface area contributed by atoms with E-state index in [4.69, 9.17) is 10.5 Å². The molecular weight excluding hydrogens is 180 g/mol. The van der Waals surface area contributed by atoms with Crippen LogP contribution in [0.25, 0.3) is 0 Å². The highest BCUT2D eigenvalue weighted by Gasteiger charge is 2.16. The Morgan fingerprint density at radius 2 is 2.00 bits per heavy atom. The highest BCUT2D eigenvalue weighted by Crippen LogP contribution is 2.09. The molecule has 0 bridgehead atoms. The van der Waals surface area contributed by atoms with Gasteiger partial charge in [0.2, 0.25) is 0 Å². The van der Waals surface area contributed by atoms with Gasteiger partial charge < -0.3 is 10.5 Å². The summed E-state index contributed by atoms with van der Waals surface area (Å²) < 4.78 is 4.99. The maximum Gasteiger partial charge on any atom is 0.307 e. The minimum absolute atomic E-state index is 0.111. The Labute approximate surface area is 86.4 Å². The quantitative estimate of drug-likeness (QED) is 0.664. The number of rotatable bonds is 5. The van der Waals surface area contributed by atoms with E-state index in [2.05, 4.69) is 25.7 Å². The molecule has 0 spiro atoms. The molecule has 0 aromatic rings. The number of carbonyl (C=O) groups excluding carboxylic acids is 1. The van der Waals surface area contributed by atoms with E-state index in [9.17, 15) is 4.79 Å². The van der Waals surface area contributed by atoms with Gasteiger partial charge in [-0.15, -0.1) is 0 Å². The number of nitrogens with two attached hydrogens (primary N) is 1. The maximum absolute atomic E-state index is 11.0. The van der Waals surface area contributed by atoms with Gasteiger partial charge in [0.05, 0.1) is 6.42 Å². The molecule has 0 aliphatic rings. The van der Waals surface area contributed by atoms with Crippen molar-refractivity contribution in [1.82, 2.24) is 4.90 Å². The summed E-state index contributed by atoms with van der Waals surface area (Å²) >= 11 is 0. The summed E-state index contributed by atoms with van der Waals surface area (Å²) in [5.74, 6) is -0.213. The van der Waals surface area contributed by atoms with E-state index in [0.29, 0.717) is 19.6 Å². The molecule has 4 nitrogen and oxygen atoms in total. The summed E-state index contributed by atoms with van der Waals surface area (Å²) in [5.41, 5.74) is 5.33. The van der Waals surface area contributed by atoms with E-state index in [1.165, 1.54) is 0 Å². The third-order valence-electron chi connectivity index (χ3n) is 2.18. The molecule has 0 unspecified atom stereocenters. The minimum Gasteiger partial charge on any atom is -0.464 e. The number of carbonyl (C=O) groups is 1. The van der Waals surface area contributed by atoms with Gasteiger partial charge in [-0.1, -0.05) is 0 Å². The van der Waals surface area contributed by atoms with Gasteiger partial charge in [0.15, 0.2) is 0 Å². The monoisotopic (exact) mass is 202 g/mol. The highest BCUT2D eigenvalue weighted by molar-refractivity contribution is 5.69. The van der Waals surface area contributed by atoms with Crippen LogP contribution in [0.5, 0.6) is 0 Å². The van der Waals surface area contributed by atoms with Crippen molar-refractivity contribution >= 4 is 5.97 Å². The standard InChI is InChI=1S/C10H22N2O2/c1-10(2,3)12(4)7-8-14-9(13)5-6-11/h5-8,11H2,1-4H3. The van der Waals surface area contributed by atoms with Gasteiger partial charge in [0, 0.05) is 18.6 Å². The van der Waals surface area contributed by atoms with Crippen molar-refractivity contribution < 1.29 is 9.53 Å². The first-order valence-corrected chi connectivity index (χ1v) is 4.95. The molecule has 4 heteroatoms. The molecule has 0 saturated carbocycles. The molecule has 0 saturated heterocycles. The van der Waals surface area contributed by atoms with E-state index < -0.39 is 0 Å². The summed E-state index contributed by atoms with van der Waals surface area (Å²) in [6, 6.07) is 0. The van der Waals surface area contributed by atoms with Crippen molar-refractivity contribution in [3.8, 4) is 0 Å². The molecule has 0 heterocycles. The summed E-state index contributed by atoms with van der Waals surface area (Å²) in [5, 5.41) is 0.